The summed E-state index contributed by atoms with van der Waals surface area (Å²) < 4.78 is 5.33. The Balaban J connectivity index is 1.61. The molecule has 0 unspecified atom stereocenters. The van der Waals surface area contributed by atoms with Crippen molar-refractivity contribution in [3.05, 3.63) is 68.2 Å². The zero-order valence-corrected chi connectivity index (χ0v) is 15.8. The summed E-state index contributed by atoms with van der Waals surface area (Å²) in [6.07, 6.45) is -0.401. The lowest BCUT2D eigenvalue weighted by Gasteiger charge is -2.35. The molecule has 9 heteroatoms. The number of nitro benzene ring substituents is 1. The topological polar surface area (TPSA) is 75.9 Å². The number of carbonyl (C=O) groups is 1. The number of hydrogen-bond acceptors (Lipinski definition) is 5. The summed E-state index contributed by atoms with van der Waals surface area (Å²) in [4.78, 5) is 26.5. The number of benzene rings is 2. The van der Waals surface area contributed by atoms with Gasteiger partial charge in [-0.05, 0) is 11.6 Å². The summed E-state index contributed by atoms with van der Waals surface area (Å²) in [5.74, 6) is 0. The Morgan fingerprint density at radius 1 is 1.07 bits per heavy atom. The van der Waals surface area contributed by atoms with Crippen molar-refractivity contribution < 1.29 is 14.5 Å². The number of hydrogen-bond donors (Lipinski definition) is 0. The summed E-state index contributed by atoms with van der Waals surface area (Å²) in [5, 5.41) is 11.7. The second kappa shape index (κ2) is 8.45. The van der Waals surface area contributed by atoms with Gasteiger partial charge in [0.05, 0.1) is 15.0 Å². The van der Waals surface area contributed by atoms with Gasteiger partial charge in [-0.1, -0.05) is 53.5 Å². The predicted octanol–water partition coefficient (Wildman–Crippen LogP) is 4.36. The second-order valence-electron chi connectivity index (χ2n) is 6.03. The molecule has 142 valence electrons. The second-order valence-corrected chi connectivity index (χ2v) is 6.84. The average Bonchev–Trinajstić information content (AvgIpc) is 2.68. The van der Waals surface area contributed by atoms with E-state index in [9.17, 15) is 14.9 Å². The molecule has 0 aliphatic carbocycles. The Hall–Kier alpha value is -2.51. The van der Waals surface area contributed by atoms with Crippen molar-refractivity contribution in [1.82, 2.24) is 4.90 Å². The molecule has 1 heterocycles. The van der Waals surface area contributed by atoms with Gasteiger partial charge in [-0.2, -0.15) is 0 Å². The van der Waals surface area contributed by atoms with Gasteiger partial charge in [0.2, 0.25) is 0 Å². The summed E-state index contributed by atoms with van der Waals surface area (Å²) in [6.45, 7) is 1.85. The van der Waals surface area contributed by atoms with E-state index in [-0.39, 0.29) is 22.3 Å². The van der Waals surface area contributed by atoms with E-state index in [4.69, 9.17) is 27.9 Å². The van der Waals surface area contributed by atoms with Gasteiger partial charge in [0.15, 0.2) is 0 Å². The highest BCUT2D eigenvalue weighted by molar-refractivity contribution is 6.42. The van der Waals surface area contributed by atoms with Crippen LogP contribution in [0.3, 0.4) is 0 Å². The maximum atomic E-state index is 12.2. The monoisotopic (exact) mass is 409 g/mol. The zero-order chi connectivity index (χ0) is 19.4. The van der Waals surface area contributed by atoms with E-state index in [2.05, 4.69) is 0 Å². The molecule has 0 radical (unpaired) electrons. The van der Waals surface area contributed by atoms with Gasteiger partial charge in [0, 0.05) is 32.2 Å². The van der Waals surface area contributed by atoms with Crippen molar-refractivity contribution in [2.24, 2.45) is 0 Å². The number of nitrogens with zero attached hydrogens (tertiary/aromatic N) is 3. The highest BCUT2D eigenvalue weighted by atomic mass is 35.5. The molecule has 1 fully saturated rings. The highest BCUT2D eigenvalue weighted by Crippen LogP contribution is 2.36. The van der Waals surface area contributed by atoms with E-state index in [0.29, 0.717) is 31.9 Å². The van der Waals surface area contributed by atoms with Crippen LogP contribution in [0.2, 0.25) is 10.0 Å². The first-order valence-corrected chi connectivity index (χ1v) is 9.05. The number of anilines is 1. The maximum Gasteiger partial charge on any atom is 0.410 e. The molecule has 27 heavy (non-hydrogen) atoms. The Morgan fingerprint density at radius 2 is 1.70 bits per heavy atom. The molecule has 1 amide bonds. The van der Waals surface area contributed by atoms with Crippen molar-refractivity contribution in [3.8, 4) is 0 Å². The number of rotatable bonds is 4. The third kappa shape index (κ3) is 4.61. The van der Waals surface area contributed by atoms with Crippen LogP contribution in [0, 0.1) is 10.1 Å². The fraction of sp³-hybridized carbons (Fsp3) is 0.278. The van der Waals surface area contributed by atoms with Gasteiger partial charge >= 0.3 is 6.09 Å². The lowest BCUT2D eigenvalue weighted by Crippen LogP contribution is -2.49. The van der Waals surface area contributed by atoms with Gasteiger partial charge < -0.3 is 14.5 Å². The number of halogens is 2. The van der Waals surface area contributed by atoms with Crippen molar-refractivity contribution in [2.45, 2.75) is 6.61 Å². The molecule has 1 saturated heterocycles. The van der Waals surface area contributed by atoms with E-state index < -0.39 is 11.0 Å². The van der Waals surface area contributed by atoms with Crippen molar-refractivity contribution in [2.75, 3.05) is 31.1 Å². The Bertz CT molecular complexity index is 840. The van der Waals surface area contributed by atoms with Crippen LogP contribution >= 0.6 is 23.2 Å². The van der Waals surface area contributed by atoms with Gasteiger partial charge in [-0.25, -0.2) is 4.79 Å². The molecule has 0 aromatic heterocycles. The first-order valence-electron chi connectivity index (χ1n) is 8.29. The largest absolute Gasteiger partial charge is 0.445 e. The molecule has 3 rings (SSSR count). The molecule has 0 bridgehead atoms. The lowest BCUT2D eigenvalue weighted by molar-refractivity contribution is -0.384. The molecular formula is C18H17Cl2N3O4. The molecule has 0 N–H and O–H groups in total. The summed E-state index contributed by atoms with van der Waals surface area (Å²) in [6, 6.07) is 12.2. The van der Waals surface area contributed by atoms with Gasteiger partial charge in [-0.3, -0.25) is 10.1 Å². The van der Waals surface area contributed by atoms with Crippen LogP contribution in [0.4, 0.5) is 16.2 Å². The Morgan fingerprint density at radius 3 is 2.33 bits per heavy atom. The minimum absolute atomic E-state index is 0.107. The summed E-state index contributed by atoms with van der Waals surface area (Å²) in [7, 11) is 0. The van der Waals surface area contributed by atoms with Crippen molar-refractivity contribution in [1.29, 1.82) is 0 Å². The molecule has 2 aromatic rings. The van der Waals surface area contributed by atoms with Crippen LogP contribution in [-0.4, -0.2) is 42.1 Å². The Labute approximate surface area is 166 Å². The minimum Gasteiger partial charge on any atom is -0.445 e. The lowest BCUT2D eigenvalue weighted by atomic mass is 10.2. The molecular weight excluding hydrogens is 393 g/mol. The SMILES string of the molecule is O=C(OCc1ccccc1)N1CCN(c2cc(Cl)c(Cl)cc2[N+](=O)[O-])CC1. The zero-order valence-electron chi connectivity index (χ0n) is 14.3. The normalized spacial score (nSPS) is 14.1. The third-order valence-corrected chi connectivity index (χ3v) is 5.02. The van der Waals surface area contributed by atoms with E-state index in [1.807, 2.05) is 35.2 Å². The first kappa shape index (κ1) is 19.3. The summed E-state index contributed by atoms with van der Waals surface area (Å²) >= 11 is 11.9. The standard InChI is InChI=1S/C18H17Cl2N3O4/c19-14-10-16(17(23(25)26)11-15(14)20)21-6-8-22(9-7-21)18(24)27-12-13-4-2-1-3-5-13/h1-5,10-11H,6-9,12H2. The smallest absolute Gasteiger partial charge is 0.410 e. The molecule has 7 nitrogen and oxygen atoms in total. The predicted molar refractivity (Wildman–Crippen MR) is 104 cm³/mol. The van der Waals surface area contributed by atoms with Crippen LogP contribution in [-0.2, 0) is 11.3 Å². The van der Waals surface area contributed by atoms with Crippen molar-refractivity contribution in [3.63, 3.8) is 0 Å². The van der Waals surface area contributed by atoms with Crippen molar-refractivity contribution >= 4 is 40.7 Å². The summed E-state index contributed by atoms with van der Waals surface area (Å²) in [5.41, 5.74) is 1.20. The number of nitro groups is 1. The number of amides is 1. The quantitative estimate of drug-likeness (QED) is 0.553. The van der Waals surface area contributed by atoms with E-state index >= 15 is 0 Å². The van der Waals surface area contributed by atoms with Crippen LogP contribution in [0.15, 0.2) is 42.5 Å². The van der Waals surface area contributed by atoms with E-state index in [1.54, 1.807) is 4.90 Å². The number of ether oxygens (including phenoxy) is 1. The molecule has 0 atom stereocenters. The van der Waals surface area contributed by atoms with Gasteiger partial charge in [0.1, 0.15) is 12.3 Å². The molecule has 0 saturated carbocycles. The number of piperazine rings is 1. The fourth-order valence-corrected chi connectivity index (χ4v) is 3.18. The van der Waals surface area contributed by atoms with E-state index in [0.717, 1.165) is 5.56 Å². The third-order valence-electron chi connectivity index (χ3n) is 4.30. The maximum absolute atomic E-state index is 12.2. The highest BCUT2D eigenvalue weighted by Gasteiger charge is 2.27. The Kier molecular flexibility index (Phi) is 6.03. The van der Waals surface area contributed by atoms with Crippen LogP contribution < -0.4 is 4.90 Å². The average molecular weight is 410 g/mol. The fourth-order valence-electron chi connectivity index (χ4n) is 2.87. The van der Waals surface area contributed by atoms with Crippen LogP contribution in [0.25, 0.3) is 0 Å². The van der Waals surface area contributed by atoms with E-state index in [1.165, 1.54) is 12.1 Å². The first-order chi connectivity index (χ1) is 13.0. The van der Waals surface area contributed by atoms with Gasteiger partial charge in [-0.15, -0.1) is 0 Å². The minimum atomic E-state index is -0.488. The number of carbonyl (C=O) groups excluding carboxylic acids is 1. The van der Waals surface area contributed by atoms with Gasteiger partial charge in [0.25, 0.3) is 5.69 Å². The molecule has 1 aliphatic heterocycles. The van der Waals surface area contributed by atoms with Crippen LogP contribution in [0.5, 0.6) is 0 Å². The molecule has 1 aliphatic rings. The molecule has 0 spiro atoms. The van der Waals surface area contributed by atoms with Crippen LogP contribution in [0.1, 0.15) is 5.56 Å². The molecule has 2 aromatic carbocycles.